The molecule has 4 saturated carbocycles. The van der Waals surface area contributed by atoms with E-state index in [-0.39, 0.29) is 27.6 Å². The lowest BCUT2D eigenvalue weighted by Crippen LogP contribution is -2.61. The topological polar surface area (TPSA) is 44.8 Å². The average molecular weight is 633 g/mol. The molecule has 6 heteroatoms. The summed E-state index contributed by atoms with van der Waals surface area (Å²) in [6.45, 7) is 31.5. The van der Waals surface area contributed by atoms with Gasteiger partial charge in [-0.2, -0.15) is 0 Å². The molecule has 0 aromatic rings. The number of esters is 1. The maximum Gasteiger partial charge on any atom is 0.306 e. The number of rotatable bonds is 6. The summed E-state index contributed by atoms with van der Waals surface area (Å²) < 4.78 is 20.6. The van der Waals surface area contributed by atoms with E-state index in [1.807, 2.05) is 0 Å². The summed E-state index contributed by atoms with van der Waals surface area (Å²) in [6.07, 6.45) is 13.5. The van der Waals surface area contributed by atoms with E-state index in [2.05, 4.69) is 88.5 Å². The van der Waals surface area contributed by atoms with Crippen molar-refractivity contribution in [3.8, 4) is 0 Å². The normalized spacial score (nSPS) is 42.1. The fourth-order valence-corrected chi connectivity index (χ4v) is 13.9. The third-order valence-electron chi connectivity index (χ3n) is 15.4. The first kappa shape index (κ1) is 34.2. The van der Waals surface area contributed by atoms with Crippen LogP contribution in [-0.4, -0.2) is 40.4 Å². The Hall–Kier alpha value is -0.176. The van der Waals surface area contributed by atoms with Crippen molar-refractivity contribution in [2.75, 3.05) is 0 Å². The Morgan fingerprint density at radius 3 is 1.93 bits per heavy atom. The summed E-state index contributed by atoms with van der Waals surface area (Å²) in [5, 5.41) is 0.394. The lowest BCUT2D eigenvalue weighted by molar-refractivity contribution is -0.172. The molecule has 5 rings (SSSR count). The predicted octanol–water partition coefficient (Wildman–Crippen LogP) is 10.5. The number of cyclic esters (lactones) is 1. The van der Waals surface area contributed by atoms with E-state index in [0.29, 0.717) is 23.9 Å². The Kier molecular flexibility index (Phi) is 8.69. The lowest BCUT2D eigenvalue weighted by atomic mass is 9.44. The number of hydrogen-bond donors (Lipinski definition) is 0. The third-order valence-corrected chi connectivity index (χ3v) is 24.5. The highest BCUT2D eigenvalue weighted by molar-refractivity contribution is 6.74. The molecule has 0 aromatic carbocycles. The molecule has 0 N–H and O–H groups in total. The average Bonchev–Trinajstić information content (AvgIpc) is 3.46. The van der Waals surface area contributed by atoms with Gasteiger partial charge in [0.25, 0.3) is 0 Å². The number of carbonyl (C=O) groups excluding carboxylic acids is 1. The first-order chi connectivity index (χ1) is 19.6. The standard InChI is InChI=1S/C37H68O4Si2/c1-33(2,3)42(10,11)40-26-20-22-35(7)25(24-26)14-15-27-28-16-17-30(36(28,8)23-21-29(27)35)37(9,31-18-19-32(38)39-31)41-43(12,13)34(4,5)6/h25-31H,14-24H2,1-13H3/t25-,26-,27-,28-,29-,30-,31-,35-,36-,37+/m0/s1. The Morgan fingerprint density at radius 1 is 0.744 bits per heavy atom. The van der Waals surface area contributed by atoms with Gasteiger partial charge in [-0.05, 0) is 148 Å². The Morgan fingerprint density at radius 2 is 1.35 bits per heavy atom. The second-order valence-corrected chi connectivity index (χ2v) is 29.2. The quantitative estimate of drug-likeness (QED) is 0.216. The van der Waals surface area contributed by atoms with Gasteiger partial charge in [-0.25, -0.2) is 0 Å². The van der Waals surface area contributed by atoms with Crippen LogP contribution in [0.5, 0.6) is 0 Å². The Bertz CT molecular complexity index is 1060. The van der Waals surface area contributed by atoms with Crippen molar-refractivity contribution in [2.24, 2.45) is 40.4 Å². The summed E-state index contributed by atoms with van der Waals surface area (Å²) >= 11 is 0. The predicted molar refractivity (Wildman–Crippen MR) is 183 cm³/mol. The van der Waals surface area contributed by atoms with E-state index >= 15 is 0 Å². The molecule has 1 saturated heterocycles. The summed E-state index contributed by atoms with van der Waals surface area (Å²) in [5.41, 5.74) is 0.294. The lowest BCUT2D eigenvalue weighted by Gasteiger charge is -2.62. The molecule has 0 aromatic heterocycles. The van der Waals surface area contributed by atoms with Gasteiger partial charge in [-0.15, -0.1) is 0 Å². The van der Waals surface area contributed by atoms with Crippen LogP contribution >= 0.6 is 0 Å². The highest BCUT2D eigenvalue weighted by atomic mass is 28.4. The molecule has 43 heavy (non-hydrogen) atoms. The molecule has 5 aliphatic rings. The maximum atomic E-state index is 12.5. The second-order valence-electron chi connectivity index (χ2n) is 19.7. The molecular formula is C37H68O4Si2. The van der Waals surface area contributed by atoms with Crippen molar-refractivity contribution in [2.45, 2.75) is 187 Å². The summed E-state index contributed by atoms with van der Waals surface area (Å²) in [6, 6.07) is 0. The number of carbonyl (C=O) groups is 1. The highest BCUT2D eigenvalue weighted by Crippen LogP contribution is 2.69. The monoisotopic (exact) mass is 632 g/mol. The van der Waals surface area contributed by atoms with Crippen LogP contribution in [0.1, 0.15) is 133 Å². The molecule has 248 valence electrons. The minimum Gasteiger partial charge on any atom is -0.459 e. The van der Waals surface area contributed by atoms with Crippen LogP contribution in [0.2, 0.25) is 36.3 Å². The van der Waals surface area contributed by atoms with Gasteiger partial charge in [0, 0.05) is 12.5 Å². The van der Waals surface area contributed by atoms with E-state index in [1.165, 1.54) is 57.8 Å². The molecule has 4 nitrogen and oxygen atoms in total. The van der Waals surface area contributed by atoms with Crippen LogP contribution in [0.15, 0.2) is 0 Å². The van der Waals surface area contributed by atoms with Crippen LogP contribution in [0.3, 0.4) is 0 Å². The van der Waals surface area contributed by atoms with Crippen LogP contribution in [-0.2, 0) is 18.4 Å². The van der Waals surface area contributed by atoms with E-state index in [9.17, 15) is 4.79 Å². The van der Waals surface area contributed by atoms with Gasteiger partial charge in [0.05, 0.1) is 5.60 Å². The van der Waals surface area contributed by atoms with E-state index in [1.54, 1.807) is 0 Å². The second kappa shape index (κ2) is 10.9. The Labute approximate surface area is 267 Å². The largest absolute Gasteiger partial charge is 0.459 e. The maximum absolute atomic E-state index is 12.5. The minimum absolute atomic E-state index is 0.0298. The van der Waals surface area contributed by atoms with Gasteiger partial charge < -0.3 is 13.6 Å². The number of fused-ring (bicyclic) bond motifs is 5. The van der Waals surface area contributed by atoms with Crippen LogP contribution in [0.4, 0.5) is 0 Å². The number of ether oxygens (including phenoxy) is 1. The zero-order chi connectivity index (χ0) is 32.0. The van der Waals surface area contributed by atoms with Crippen molar-refractivity contribution >= 4 is 22.6 Å². The summed E-state index contributed by atoms with van der Waals surface area (Å²) in [4.78, 5) is 12.5. The van der Waals surface area contributed by atoms with Gasteiger partial charge in [-0.3, -0.25) is 4.79 Å². The molecule has 0 amide bonds. The molecular weight excluding hydrogens is 565 g/mol. The molecule has 0 unspecified atom stereocenters. The third kappa shape index (κ3) is 5.71. The zero-order valence-electron chi connectivity index (χ0n) is 30.5. The zero-order valence-corrected chi connectivity index (χ0v) is 32.5. The summed E-state index contributed by atoms with van der Waals surface area (Å²) in [7, 11) is -3.84. The van der Waals surface area contributed by atoms with E-state index in [0.717, 1.165) is 30.1 Å². The van der Waals surface area contributed by atoms with E-state index in [4.69, 9.17) is 13.6 Å². The molecule has 0 radical (unpaired) electrons. The van der Waals surface area contributed by atoms with Crippen molar-refractivity contribution in [3.05, 3.63) is 0 Å². The number of hydrogen-bond acceptors (Lipinski definition) is 4. The van der Waals surface area contributed by atoms with Crippen LogP contribution in [0.25, 0.3) is 0 Å². The van der Waals surface area contributed by atoms with Gasteiger partial charge in [0.1, 0.15) is 6.10 Å². The molecule has 4 aliphatic carbocycles. The van der Waals surface area contributed by atoms with Crippen molar-refractivity contribution < 1.29 is 18.4 Å². The van der Waals surface area contributed by atoms with Crippen molar-refractivity contribution in [1.29, 1.82) is 0 Å². The molecule has 1 aliphatic heterocycles. The smallest absolute Gasteiger partial charge is 0.306 e. The van der Waals surface area contributed by atoms with Crippen molar-refractivity contribution in [3.63, 3.8) is 0 Å². The molecule has 5 fully saturated rings. The van der Waals surface area contributed by atoms with Gasteiger partial charge in [-0.1, -0.05) is 55.4 Å². The molecule has 0 spiro atoms. The van der Waals surface area contributed by atoms with E-state index < -0.39 is 22.2 Å². The molecule has 0 bridgehead atoms. The first-order valence-electron chi connectivity index (χ1n) is 18.1. The Balaban J connectivity index is 1.37. The highest BCUT2D eigenvalue weighted by Gasteiger charge is 2.65. The van der Waals surface area contributed by atoms with Gasteiger partial charge in [0.2, 0.25) is 0 Å². The van der Waals surface area contributed by atoms with Crippen LogP contribution < -0.4 is 0 Å². The van der Waals surface area contributed by atoms with Crippen molar-refractivity contribution in [1.82, 2.24) is 0 Å². The fourth-order valence-electron chi connectivity index (χ4n) is 10.9. The van der Waals surface area contributed by atoms with Gasteiger partial charge >= 0.3 is 5.97 Å². The first-order valence-corrected chi connectivity index (χ1v) is 23.9. The SMILES string of the molecule is CC(C)(C)[Si](C)(C)O[C@H]1CC[C@@]2(C)[C@@H](CC[C@@H]3[C@@H]2CC[C@@]2(C)[C@H]3CC[C@@H]2[C@@](C)(O[Si](C)(C)C(C)(C)C)[C@@H]2CCC(=O)O2)C1. The molecule has 1 heterocycles. The fraction of sp³-hybridized carbons (Fsp3) is 0.973. The molecule has 10 atom stereocenters. The minimum atomic E-state index is -2.09. The summed E-state index contributed by atoms with van der Waals surface area (Å²) in [5.74, 6) is 3.64. The van der Waals surface area contributed by atoms with Gasteiger partial charge in [0.15, 0.2) is 16.6 Å². The van der Waals surface area contributed by atoms with Crippen LogP contribution in [0, 0.1) is 40.4 Å².